The summed E-state index contributed by atoms with van der Waals surface area (Å²) in [7, 11) is 1.53. The van der Waals surface area contributed by atoms with Crippen molar-refractivity contribution in [2.75, 3.05) is 25.6 Å². The lowest BCUT2D eigenvalue weighted by molar-refractivity contribution is -0.143. The van der Waals surface area contributed by atoms with Crippen LogP contribution in [0.3, 0.4) is 0 Å². The highest BCUT2D eigenvalue weighted by Crippen LogP contribution is 2.52. The number of ether oxygens (including phenoxy) is 1. The molecule has 7 nitrogen and oxygen atoms in total. The minimum atomic E-state index is -1.18. The second-order valence-electron chi connectivity index (χ2n) is 7.07. The monoisotopic (exact) mass is 343 g/mol. The number of anilines is 1. The zero-order valence-corrected chi connectivity index (χ0v) is 14.5. The maximum absolute atomic E-state index is 13.1. The van der Waals surface area contributed by atoms with Gasteiger partial charge in [0.05, 0.1) is 25.0 Å². The number of nitrogens with one attached hydrogen (secondary N) is 2. The number of likely N-dealkylation sites (tertiary alicyclic amines) is 1. The van der Waals surface area contributed by atoms with Crippen molar-refractivity contribution in [1.82, 2.24) is 10.2 Å². The molecular formula is C18H21N3O4. The van der Waals surface area contributed by atoms with Crippen LogP contribution in [0.15, 0.2) is 18.2 Å². The van der Waals surface area contributed by atoms with Gasteiger partial charge in [-0.1, -0.05) is 17.7 Å². The van der Waals surface area contributed by atoms with Crippen LogP contribution < -0.4 is 10.6 Å². The number of fused-ring (bicyclic) bond motifs is 4. The van der Waals surface area contributed by atoms with E-state index < -0.39 is 17.4 Å². The minimum Gasteiger partial charge on any atom is -0.383 e. The zero-order chi connectivity index (χ0) is 17.9. The molecule has 3 aliphatic heterocycles. The largest absolute Gasteiger partial charge is 0.383 e. The van der Waals surface area contributed by atoms with Crippen molar-refractivity contribution in [1.29, 1.82) is 0 Å². The Hall–Kier alpha value is -2.25. The summed E-state index contributed by atoms with van der Waals surface area (Å²) in [6.45, 7) is 4.30. The SMILES string of the molecule is COCCN1C(=O)[C@@H]2[C@H](C)N[C@]3(C(=O)Nc4ccc(C)cc43)[C@@H]2C1=O. The molecule has 3 aliphatic rings. The Morgan fingerprint density at radius 3 is 2.72 bits per heavy atom. The molecule has 0 radical (unpaired) electrons. The van der Waals surface area contributed by atoms with E-state index in [1.165, 1.54) is 12.0 Å². The normalized spacial score (nSPS) is 33.2. The summed E-state index contributed by atoms with van der Waals surface area (Å²) < 4.78 is 5.02. The molecule has 4 rings (SSSR count). The molecule has 1 aromatic rings. The summed E-state index contributed by atoms with van der Waals surface area (Å²) in [5, 5.41) is 6.17. The van der Waals surface area contributed by atoms with Gasteiger partial charge in [0.1, 0.15) is 5.54 Å². The lowest BCUT2D eigenvalue weighted by Crippen LogP contribution is -2.53. The Balaban J connectivity index is 1.83. The number of hydrogen-bond acceptors (Lipinski definition) is 5. The van der Waals surface area contributed by atoms with Gasteiger partial charge in [-0.25, -0.2) is 0 Å². The highest BCUT2D eigenvalue weighted by molar-refractivity contribution is 6.15. The quantitative estimate of drug-likeness (QED) is 0.775. The first-order valence-corrected chi connectivity index (χ1v) is 8.46. The van der Waals surface area contributed by atoms with Gasteiger partial charge in [0.15, 0.2) is 0 Å². The van der Waals surface area contributed by atoms with E-state index in [9.17, 15) is 14.4 Å². The van der Waals surface area contributed by atoms with E-state index in [0.29, 0.717) is 5.69 Å². The Labute approximate surface area is 145 Å². The number of benzene rings is 1. The van der Waals surface area contributed by atoms with Gasteiger partial charge in [-0.2, -0.15) is 0 Å². The van der Waals surface area contributed by atoms with Crippen molar-refractivity contribution in [3.05, 3.63) is 29.3 Å². The third-order valence-electron chi connectivity index (χ3n) is 5.63. The van der Waals surface area contributed by atoms with E-state index in [1.807, 2.05) is 32.0 Å². The third-order valence-corrected chi connectivity index (χ3v) is 5.63. The van der Waals surface area contributed by atoms with Gasteiger partial charge in [-0.15, -0.1) is 0 Å². The first-order chi connectivity index (χ1) is 11.9. The van der Waals surface area contributed by atoms with E-state index in [1.54, 1.807) is 0 Å². The second-order valence-corrected chi connectivity index (χ2v) is 7.07. The molecule has 132 valence electrons. The van der Waals surface area contributed by atoms with Crippen molar-refractivity contribution in [2.45, 2.75) is 25.4 Å². The summed E-state index contributed by atoms with van der Waals surface area (Å²) >= 11 is 0. The van der Waals surface area contributed by atoms with Crippen molar-refractivity contribution < 1.29 is 19.1 Å². The molecule has 4 atom stereocenters. The number of imide groups is 1. The van der Waals surface area contributed by atoms with Gasteiger partial charge in [0, 0.05) is 24.4 Å². The van der Waals surface area contributed by atoms with Crippen molar-refractivity contribution in [3.63, 3.8) is 0 Å². The number of carbonyl (C=O) groups is 3. The average Bonchev–Trinajstić information content (AvgIpc) is 3.12. The number of hydrogen-bond donors (Lipinski definition) is 2. The van der Waals surface area contributed by atoms with Crippen molar-refractivity contribution in [3.8, 4) is 0 Å². The van der Waals surface area contributed by atoms with Gasteiger partial charge in [0.2, 0.25) is 17.7 Å². The Morgan fingerprint density at radius 1 is 1.24 bits per heavy atom. The fourth-order valence-electron chi connectivity index (χ4n) is 4.54. The summed E-state index contributed by atoms with van der Waals surface area (Å²) in [4.78, 5) is 40.1. The third kappa shape index (κ3) is 1.96. The molecule has 1 spiro atoms. The van der Waals surface area contributed by atoms with Crippen LogP contribution in [0.25, 0.3) is 0 Å². The number of carbonyl (C=O) groups excluding carboxylic acids is 3. The van der Waals surface area contributed by atoms with Gasteiger partial charge in [-0.05, 0) is 19.9 Å². The van der Waals surface area contributed by atoms with Gasteiger partial charge in [0.25, 0.3) is 0 Å². The first kappa shape index (κ1) is 16.2. The van der Waals surface area contributed by atoms with Gasteiger partial charge < -0.3 is 10.1 Å². The lowest BCUT2D eigenvalue weighted by atomic mass is 9.76. The van der Waals surface area contributed by atoms with Crippen LogP contribution in [0.1, 0.15) is 18.1 Å². The molecule has 7 heteroatoms. The molecule has 0 unspecified atom stereocenters. The average molecular weight is 343 g/mol. The fourth-order valence-corrected chi connectivity index (χ4v) is 4.54. The molecule has 3 heterocycles. The molecule has 3 amide bonds. The number of aryl methyl sites for hydroxylation is 1. The predicted molar refractivity (Wildman–Crippen MR) is 89.7 cm³/mol. The van der Waals surface area contributed by atoms with E-state index in [0.717, 1.165) is 11.1 Å². The van der Waals surface area contributed by atoms with Crippen LogP contribution in [-0.2, 0) is 24.7 Å². The Kier molecular flexibility index (Phi) is 3.49. The Bertz CT molecular complexity index is 793. The molecule has 2 N–H and O–H groups in total. The second kappa shape index (κ2) is 5.37. The van der Waals surface area contributed by atoms with E-state index in [4.69, 9.17) is 4.74 Å². The summed E-state index contributed by atoms with van der Waals surface area (Å²) in [5.41, 5.74) is 1.28. The Morgan fingerprint density at radius 2 is 2.00 bits per heavy atom. The molecule has 0 aliphatic carbocycles. The zero-order valence-electron chi connectivity index (χ0n) is 14.5. The number of amides is 3. The van der Waals surface area contributed by atoms with Crippen molar-refractivity contribution >= 4 is 23.4 Å². The van der Waals surface area contributed by atoms with Gasteiger partial charge >= 0.3 is 0 Å². The minimum absolute atomic E-state index is 0.215. The fraction of sp³-hybridized carbons (Fsp3) is 0.500. The molecular weight excluding hydrogens is 322 g/mol. The molecule has 0 aromatic heterocycles. The molecule has 2 fully saturated rings. The smallest absolute Gasteiger partial charge is 0.250 e. The lowest BCUT2D eigenvalue weighted by Gasteiger charge is -2.29. The predicted octanol–water partition coefficient (Wildman–Crippen LogP) is 0.382. The molecule has 1 aromatic carbocycles. The van der Waals surface area contributed by atoms with E-state index in [-0.39, 0.29) is 36.9 Å². The molecule has 0 saturated carbocycles. The topological polar surface area (TPSA) is 87.7 Å². The molecule has 0 bridgehead atoms. The van der Waals surface area contributed by atoms with Crippen LogP contribution >= 0.6 is 0 Å². The number of methoxy groups -OCH3 is 1. The van der Waals surface area contributed by atoms with Crippen LogP contribution in [0.4, 0.5) is 5.69 Å². The van der Waals surface area contributed by atoms with Gasteiger partial charge in [-0.3, -0.25) is 24.6 Å². The molecule has 25 heavy (non-hydrogen) atoms. The highest BCUT2D eigenvalue weighted by Gasteiger charge is 2.69. The number of nitrogens with zero attached hydrogens (tertiary/aromatic N) is 1. The molecule has 2 saturated heterocycles. The standard InChI is InChI=1S/C18H21N3O4/c1-9-4-5-12-11(8-9)18(17(24)19-12)14-13(10(2)20-18)15(22)21(16(14)23)6-7-25-3/h4-5,8,10,13-14,20H,6-7H2,1-3H3,(H,19,24)/t10-,13+,14-,18-/m0/s1. The summed E-state index contributed by atoms with van der Waals surface area (Å²) in [6.07, 6.45) is 0. The van der Waals surface area contributed by atoms with Crippen LogP contribution in [0.2, 0.25) is 0 Å². The number of rotatable bonds is 3. The first-order valence-electron chi connectivity index (χ1n) is 8.46. The summed E-state index contributed by atoms with van der Waals surface area (Å²) in [6, 6.07) is 5.41. The van der Waals surface area contributed by atoms with E-state index >= 15 is 0 Å². The van der Waals surface area contributed by atoms with E-state index in [2.05, 4.69) is 10.6 Å². The maximum Gasteiger partial charge on any atom is 0.250 e. The van der Waals surface area contributed by atoms with Crippen molar-refractivity contribution in [2.24, 2.45) is 11.8 Å². The van der Waals surface area contributed by atoms with Crippen LogP contribution in [0.5, 0.6) is 0 Å². The summed E-state index contributed by atoms with van der Waals surface area (Å²) in [5.74, 6) is -2.05. The van der Waals surface area contributed by atoms with Crippen LogP contribution in [-0.4, -0.2) is 48.9 Å². The highest BCUT2D eigenvalue weighted by atomic mass is 16.5. The maximum atomic E-state index is 13.1. The van der Waals surface area contributed by atoms with Crippen LogP contribution in [0, 0.1) is 18.8 Å².